The van der Waals surface area contributed by atoms with Gasteiger partial charge in [0.05, 0.1) is 17.8 Å². The van der Waals surface area contributed by atoms with Crippen molar-refractivity contribution in [3.8, 4) is 5.75 Å². The van der Waals surface area contributed by atoms with Crippen molar-refractivity contribution in [2.75, 3.05) is 26.5 Å². The maximum Gasteiger partial charge on any atom is 0.306 e. The number of hydrogen-bond donors (Lipinski definition) is 0. The Morgan fingerprint density at radius 3 is 2.43 bits per heavy atom. The molecule has 1 amide bonds. The van der Waals surface area contributed by atoms with Gasteiger partial charge in [0.2, 0.25) is 0 Å². The van der Waals surface area contributed by atoms with E-state index in [1.54, 1.807) is 12.1 Å². The molecular weight excluding hydrogens is 388 g/mol. The van der Waals surface area contributed by atoms with E-state index in [4.69, 9.17) is 8.92 Å². The van der Waals surface area contributed by atoms with Gasteiger partial charge in [0.15, 0.2) is 0 Å². The summed E-state index contributed by atoms with van der Waals surface area (Å²) in [5, 5.41) is 10.9. The van der Waals surface area contributed by atoms with Gasteiger partial charge in [-0.2, -0.15) is 8.42 Å². The highest BCUT2D eigenvalue weighted by Gasteiger charge is 2.18. The number of amides is 1. The average Bonchev–Trinajstić information content (AvgIpc) is 2.64. The molecule has 0 aromatic heterocycles. The lowest BCUT2D eigenvalue weighted by Gasteiger charge is -2.22. The maximum absolute atomic E-state index is 12.8. The molecule has 0 heterocycles. The minimum Gasteiger partial charge on any atom is -0.383 e. The third-order valence-corrected chi connectivity index (χ3v) is 4.20. The summed E-state index contributed by atoms with van der Waals surface area (Å²) in [6, 6.07) is 11.8. The molecule has 0 bridgehead atoms. The van der Waals surface area contributed by atoms with E-state index in [1.807, 2.05) is 0 Å². The summed E-state index contributed by atoms with van der Waals surface area (Å²) < 4.78 is 32.2. The lowest BCUT2D eigenvalue weighted by Crippen LogP contribution is -2.33. The summed E-state index contributed by atoms with van der Waals surface area (Å²) in [5.41, 5.74) is 0.762. The van der Waals surface area contributed by atoms with Gasteiger partial charge in [0.25, 0.3) is 11.6 Å². The Labute approximate surface area is 162 Å². The molecule has 0 fully saturated rings. The van der Waals surface area contributed by atoms with Gasteiger partial charge in [0.1, 0.15) is 5.75 Å². The van der Waals surface area contributed by atoms with Gasteiger partial charge in [0, 0.05) is 37.9 Å². The smallest absolute Gasteiger partial charge is 0.306 e. The van der Waals surface area contributed by atoms with Gasteiger partial charge in [-0.15, -0.1) is 0 Å². The second kappa shape index (κ2) is 9.29. The molecule has 10 heteroatoms. The summed E-state index contributed by atoms with van der Waals surface area (Å²) >= 11 is 0. The number of hydrogen-bond acceptors (Lipinski definition) is 7. The highest BCUT2D eigenvalue weighted by Crippen LogP contribution is 2.18. The number of nitrogens with zero attached hydrogens (tertiary/aromatic N) is 2. The van der Waals surface area contributed by atoms with E-state index in [0.29, 0.717) is 0 Å². The van der Waals surface area contributed by atoms with E-state index in [-0.39, 0.29) is 42.6 Å². The van der Waals surface area contributed by atoms with Crippen LogP contribution < -0.4 is 4.18 Å². The normalized spacial score (nSPS) is 11.1. The van der Waals surface area contributed by atoms with Crippen molar-refractivity contribution in [2.24, 2.45) is 0 Å². The van der Waals surface area contributed by atoms with Crippen molar-refractivity contribution in [1.29, 1.82) is 0 Å². The van der Waals surface area contributed by atoms with Crippen molar-refractivity contribution in [3.05, 3.63) is 69.8 Å². The zero-order chi connectivity index (χ0) is 20.7. The first-order chi connectivity index (χ1) is 13.2. The second-order valence-corrected chi connectivity index (χ2v) is 7.53. The Kier molecular flexibility index (Phi) is 7.07. The molecule has 0 spiro atoms. The van der Waals surface area contributed by atoms with Crippen molar-refractivity contribution in [3.63, 3.8) is 0 Å². The predicted octanol–water partition coefficient (Wildman–Crippen LogP) is 2.22. The molecule has 0 saturated carbocycles. The molecule has 0 aliphatic heterocycles. The van der Waals surface area contributed by atoms with Crippen LogP contribution in [0, 0.1) is 10.1 Å². The zero-order valence-corrected chi connectivity index (χ0v) is 16.2. The number of nitro groups is 1. The second-order valence-electron chi connectivity index (χ2n) is 5.96. The SMILES string of the molecule is COCCN(Cc1ccc(OS(C)(=O)=O)cc1)C(=O)c1cccc([N+](=O)[O-])c1. The molecule has 0 aliphatic rings. The minimum absolute atomic E-state index is 0.166. The molecule has 9 nitrogen and oxygen atoms in total. The van der Waals surface area contributed by atoms with E-state index in [1.165, 1.54) is 48.4 Å². The fourth-order valence-electron chi connectivity index (χ4n) is 2.43. The van der Waals surface area contributed by atoms with Crippen molar-refractivity contribution in [2.45, 2.75) is 6.54 Å². The lowest BCUT2D eigenvalue weighted by molar-refractivity contribution is -0.384. The fourth-order valence-corrected chi connectivity index (χ4v) is 2.90. The van der Waals surface area contributed by atoms with Crippen LogP contribution in [0.2, 0.25) is 0 Å². The van der Waals surface area contributed by atoms with Crippen LogP contribution in [0.4, 0.5) is 5.69 Å². The van der Waals surface area contributed by atoms with Crippen LogP contribution in [-0.2, 0) is 21.4 Å². The van der Waals surface area contributed by atoms with E-state index < -0.39 is 15.0 Å². The number of carbonyl (C=O) groups excluding carboxylic acids is 1. The molecule has 0 aliphatic carbocycles. The number of ether oxygens (including phenoxy) is 1. The van der Waals surface area contributed by atoms with E-state index >= 15 is 0 Å². The Morgan fingerprint density at radius 2 is 1.86 bits per heavy atom. The molecule has 150 valence electrons. The molecule has 0 radical (unpaired) electrons. The van der Waals surface area contributed by atoms with Gasteiger partial charge in [-0.05, 0) is 23.8 Å². The van der Waals surface area contributed by atoms with Gasteiger partial charge >= 0.3 is 10.1 Å². The number of non-ortho nitro benzene ring substituents is 1. The topological polar surface area (TPSA) is 116 Å². The Hall–Kier alpha value is -2.98. The first-order valence-corrected chi connectivity index (χ1v) is 10.0. The van der Waals surface area contributed by atoms with Crippen LogP contribution in [-0.4, -0.2) is 50.7 Å². The summed E-state index contributed by atoms with van der Waals surface area (Å²) in [6.07, 6.45) is 0.950. The van der Waals surface area contributed by atoms with E-state index in [9.17, 15) is 23.3 Å². The Balaban J connectivity index is 2.20. The van der Waals surface area contributed by atoms with E-state index in [2.05, 4.69) is 0 Å². The van der Waals surface area contributed by atoms with Crippen LogP contribution >= 0.6 is 0 Å². The molecule has 2 aromatic carbocycles. The van der Waals surface area contributed by atoms with Gasteiger partial charge in [-0.1, -0.05) is 18.2 Å². The third-order valence-electron chi connectivity index (χ3n) is 3.70. The largest absolute Gasteiger partial charge is 0.383 e. The van der Waals surface area contributed by atoms with Crippen molar-refractivity contribution >= 4 is 21.7 Å². The summed E-state index contributed by atoms with van der Waals surface area (Å²) in [7, 11) is -2.11. The lowest BCUT2D eigenvalue weighted by atomic mass is 10.1. The summed E-state index contributed by atoms with van der Waals surface area (Å²) in [5.74, 6) is -0.211. The number of nitro benzene ring substituents is 1. The first kappa shape index (κ1) is 21.3. The van der Waals surface area contributed by atoms with Crippen molar-refractivity contribution in [1.82, 2.24) is 4.90 Å². The molecule has 0 N–H and O–H groups in total. The first-order valence-electron chi connectivity index (χ1n) is 8.20. The van der Waals surface area contributed by atoms with Crippen LogP contribution in [0.25, 0.3) is 0 Å². The van der Waals surface area contributed by atoms with E-state index in [0.717, 1.165) is 11.8 Å². The monoisotopic (exact) mass is 408 g/mol. The third kappa shape index (κ3) is 6.32. The average molecular weight is 408 g/mol. The van der Waals surface area contributed by atoms with Gasteiger partial charge in [-0.3, -0.25) is 14.9 Å². The summed E-state index contributed by atoms with van der Waals surface area (Å²) in [4.78, 5) is 24.7. The highest BCUT2D eigenvalue weighted by molar-refractivity contribution is 7.86. The van der Waals surface area contributed by atoms with Crippen LogP contribution in [0.15, 0.2) is 48.5 Å². The molecular formula is C18H20N2O7S. The highest BCUT2D eigenvalue weighted by atomic mass is 32.2. The van der Waals surface area contributed by atoms with Crippen LogP contribution in [0.1, 0.15) is 15.9 Å². The van der Waals surface area contributed by atoms with Crippen LogP contribution in [0.5, 0.6) is 5.75 Å². The Morgan fingerprint density at radius 1 is 1.18 bits per heavy atom. The Bertz CT molecular complexity index is 943. The molecule has 0 atom stereocenters. The zero-order valence-electron chi connectivity index (χ0n) is 15.4. The molecule has 28 heavy (non-hydrogen) atoms. The number of carbonyl (C=O) groups is 1. The predicted molar refractivity (Wildman–Crippen MR) is 102 cm³/mol. The maximum atomic E-state index is 12.8. The minimum atomic E-state index is -3.62. The number of benzene rings is 2. The quantitative estimate of drug-likeness (QED) is 0.355. The van der Waals surface area contributed by atoms with Gasteiger partial charge < -0.3 is 13.8 Å². The summed E-state index contributed by atoms with van der Waals surface area (Å²) in [6.45, 7) is 0.777. The molecule has 2 rings (SSSR count). The number of rotatable bonds is 9. The van der Waals surface area contributed by atoms with Crippen molar-refractivity contribution < 1.29 is 27.1 Å². The fraction of sp³-hybridized carbons (Fsp3) is 0.278. The molecule has 0 unspecified atom stereocenters. The van der Waals surface area contributed by atoms with Crippen LogP contribution in [0.3, 0.4) is 0 Å². The standard InChI is InChI=1S/C18H20N2O7S/c1-26-11-10-19(18(21)15-4-3-5-16(12-15)20(22)23)13-14-6-8-17(9-7-14)27-28(2,24)25/h3-9,12H,10-11,13H2,1-2H3. The molecule has 0 saturated heterocycles. The number of methoxy groups -OCH3 is 1. The van der Waals surface area contributed by atoms with Gasteiger partial charge in [-0.25, -0.2) is 0 Å². The molecule has 2 aromatic rings.